The van der Waals surface area contributed by atoms with Gasteiger partial charge >= 0.3 is 0 Å². The average Bonchev–Trinajstić information content (AvgIpc) is 2.89. The maximum atomic E-state index is 11.6. The van der Waals surface area contributed by atoms with E-state index in [1.807, 2.05) is 0 Å². The highest BCUT2D eigenvalue weighted by Gasteiger charge is 2.30. The second-order valence-electron chi connectivity index (χ2n) is 5.45. The average molecular weight is 276 g/mol. The number of likely N-dealkylation sites (tertiary alicyclic amines) is 1. The van der Waals surface area contributed by atoms with Crippen LogP contribution in [0.5, 0.6) is 0 Å². The van der Waals surface area contributed by atoms with Crippen LogP contribution in [0.25, 0.3) is 0 Å². The highest BCUT2D eigenvalue weighted by Crippen LogP contribution is 2.18. The van der Waals surface area contributed by atoms with Gasteiger partial charge in [0.05, 0.1) is 17.1 Å². The van der Waals surface area contributed by atoms with E-state index in [1.54, 1.807) is 0 Å². The Morgan fingerprint density at radius 3 is 2.61 bits per heavy atom. The quantitative estimate of drug-likeness (QED) is 0.691. The molecule has 2 fully saturated rings. The third-order valence-corrected chi connectivity index (χ3v) is 6.16. The molecular weight excluding hydrogens is 252 g/mol. The highest BCUT2D eigenvalue weighted by atomic mass is 32.2. The summed E-state index contributed by atoms with van der Waals surface area (Å²) in [5, 5.41) is 12.7. The predicted octanol–water partition coefficient (Wildman–Crippen LogP) is -0.390. The van der Waals surface area contributed by atoms with Crippen molar-refractivity contribution < 1.29 is 13.5 Å². The Balaban J connectivity index is 1.62. The lowest BCUT2D eigenvalue weighted by atomic mass is 10.2. The lowest BCUT2D eigenvalue weighted by molar-refractivity contribution is 0.123. The second kappa shape index (κ2) is 6.32. The van der Waals surface area contributed by atoms with Crippen molar-refractivity contribution in [3.05, 3.63) is 0 Å². The molecule has 0 aromatic carbocycles. The zero-order valence-corrected chi connectivity index (χ0v) is 11.7. The first-order valence-corrected chi connectivity index (χ1v) is 8.62. The van der Waals surface area contributed by atoms with E-state index in [1.165, 1.54) is 12.8 Å². The zero-order valence-electron chi connectivity index (χ0n) is 10.8. The van der Waals surface area contributed by atoms with Crippen molar-refractivity contribution in [1.29, 1.82) is 0 Å². The van der Waals surface area contributed by atoms with Gasteiger partial charge in [-0.3, -0.25) is 0 Å². The van der Waals surface area contributed by atoms with Crippen LogP contribution in [0, 0.1) is 0 Å². The number of sulfone groups is 1. The molecule has 2 heterocycles. The summed E-state index contributed by atoms with van der Waals surface area (Å²) in [6.45, 7) is 3.83. The van der Waals surface area contributed by atoms with Gasteiger partial charge in [0.1, 0.15) is 0 Å². The first-order chi connectivity index (χ1) is 8.58. The van der Waals surface area contributed by atoms with Crippen LogP contribution in [0.3, 0.4) is 0 Å². The van der Waals surface area contributed by atoms with Gasteiger partial charge in [0.2, 0.25) is 0 Å². The van der Waals surface area contributed by atoms with Gasteiger partial charge in [-0.25, -0.2) is 8.42 Å². The Kier molecular flexibility index (Phi) is 5.00. The molecule has 2 saturated heterocycles. The molecule has 0 bridgehead atoms. The Bertz CT molecular complexity index is 352. The highest BCUT2D eigenvalue weighted by molar-refractivity contribution is 7.92. The number of aliphatic hydroxyl groups is 1. The molecule has 2 aliphatic heterocycles. The van der Waals surface area contributed by atoms with E-state index in [0.29, 0.717) is 25.4 Å². The van der Waals surface area contributed by atoms with Gasteiger partial charge in [0.25, 0.3) is 0 Å². The number of aliphatic hydroxyl groups excluding tert-OH is 1. The molecule has 18 heavy (non-hydrogen) atoms. The molecule has 0 radical (unpaired) electrons. The molecule has 2 unspecified atom stereocenters. The van der Waals surface area contributed by atoms with Gasteiger partial charge in [0, 0.05) is 19.6 Å². The molecule has 0 saturated carbocycles. The van der Waals surface area contributed by atoms with Crippen molar-refractivity contribution in [3.8, 4) is 0 Å². The van der Waals surface area contributed by atoms with Gasteiger partial charge in [0.15, 0.2) is 9.84 Å². The maximum Gasteiger partial charge on any atom is 0.154 e. The van der Waals surface area contributed by atoms with E-state index in [4.69, 9.17) is 0 Å². The van der Waals surface area contributed by atoms with Crippen LogP contribution in [0.4, 0.5) is 0 Å². The molecule has 2 aliphatic rings. The smallest absolute Gasteiger partial charge is 0.154 e. The molecule has 6 heteroatoms. The molecule has 0 spiro atoms. The summed E-state index contributed by atoms with van der Waals surface area (Å²) in [6, 6.07) is 0. The standard InChI is InChI=1S/C12H24N2O3S/c15-11(10-14-5-1-2-6-14)8-13-9-12-4-3-7-18(12,16)17/h11-13,15H,1-10H2. The van der Waals surface area contributed by atoms with Gasteiger partial charge in [-0.05, 0) is 38.8 Å². The maximum absolute atomic E-state index is 11.6. The SMILES string of the molecule is O=S1(=O)CCCC1CNCC(O)CN1CCCC1. The molecule has 0 aromatic heterocycles. The van der Waals surface area contributed by atoms with Crippen LogP contribution in [0.15, 0.2) is 0 Å². The first-order valence-electron chi connectivity index (χ1n) is 6.90. The van der Waals surface area contributed by atoms with E-state index in [9.17, 15) is 13.5 Å². The van der Waals surface area contributed by atoms with E-state index < -0.39 is 15.9 Å². The Morgan fingerprint density at radius 1 is 1.28 bits per heavy atom. The van der Waals surface area contributed by atoms with E-state index in [-0.39, 0.29) is 5.25 Å². The summed E-state index contributed by atoms with van der Waals surface area (Å²) >= 11 is 0. The first kappa shape index (κ1) is 14.2. The minimum Gasteiger partial charge on any atom is -0.390 e. The fourth-order valence-corrected chi connectivity index (χ4v) is 4.63. The third kappa shape index (κ3) is 3.91. The number of hydrogen-bond acceptors (Lipinski definition) is 5. The second-order valence-corrected chi connectivity index (χ2v) is 7.85. The van der Waals surface area contributed by atoms with Gasteiger partial charge in [-0.1, -0.05) is 0 Å². The summed E-state index contributed by atoms with van der Waals surface area (Å²) in [6.07, 6.45) is 3.59. The molecule has 2 atom stereocenters. The number of hydrogen-bond donors (Lipinski definition) is 2. The third-order valence-electron chi connectivity index (χ3n) is 3.88. The molecule has 0 aliphatic carbocycles. The number of nitrogens with one attached hydrogen (secondary N) is 1. The van der Waals surface area contributed by atoms with Crippen LogP contribution >= 0.6 is 0 Å². The minimum absolute atomic E-state index is 0.239. The van der Waals surface area contributed by atoms with Crippen LogP contribution in [0.2, 0.25) is 0 Å². The largest absolute Gasteiger partial charge is 0.390 e. The van der Waals surface area contributed by atoms with Gasteiger partial charge in [-0.2, -0.15) is 0 Å². The van der Waals surface area contributed by atoms with Crippen molar-refractivity contribution in [1.82, 2.24) is 10.2 Å². The van der Waals surface area contributed by atoms with Crippen LogP contribution in [0.1, 0.15) is 25.7 Å². The van der Waals surface area contributed by atoms with Crippen molar-refractivity contribution in [3.63, 3.8) is 0 Å². The molecular formula is C12H24N2O3S. The Morgan fingerprint density at radius 2 is 2.00 bits per heavy atom. The Labute approximate surface area is 109 Å². The van der Waals surface area contributed by atoms with Gasteiger partial charge < -0.3 is 15.3 Å². The van der Waals surface area contributed by atoms with E-state index in [0.717, 1.165) is 25.9 Å². The lowest BCUT2D eigenvalue weighted by Crippen LogP contribution is -2.40. The molecule has 0 amide bonds. The molecule has 2 N–H and O–H groups in total. The molecule has 5 nitrogen and oxygen atoms in total. The summed E-state index contributed by atoms with van der Waals surface area (Å²) in [4.78, 5) is 2.26. The van der Waals surface area contributed by atoms with Crippen LogP contribution < -0.4 is 5.32 Å². The van der Waals surface area contributed by atoms with E-state index in [2.05, 4.69) is 10.2 Å². The summed E-state index contributed by atoms with van der Waals surface area (Å²) in [5.74, 6) is 0.329. The number of β-amino-alcohol motifs (C(OH)–C–C–N with tert-alkyl or cyclic N) is 1. The van der Waals surface area contributed by atoms with Crippen molar-refractivity contribution in [2.24, 2.45) is 0 Å². The molecule has 0 aromatic rings. The number of rotatable bonds is 6. The van der Waals surface area contributed by atoms with Crippen molar-refractivity contribution >= 4 is 9.84 Å². The van der Waals surface area contributed by atoms with Crippen LogP contribution in [-0.4, -0.2) is 68.3 Å². The topological polar surface area (TPSA) is 69.6 Å². The lowest BCUT2D eigenvalue weighted by Gasteiger charge is -2.20. The van der Waals surface area contributed by atoms with E-state index >= 15 is 0 Å². The fraction of sp³-hybridized carbons (Fsp3) is 1.00. The predicted molar refractivity (Wildman–Crippen MR) is 71.4 cm³/mol. The molecule has 106 valence electrons. The van der Waals surface area contributed by atoms with Gasteiger partial charge in [-0.15, -0.1) is 0 Å². The normalized spacial score (nSPS) is 29.7. The number of nitrogens with zero attached hydrogens (tertiary/aromatic N) is 1. The fourth-order valence-electron chi connectivity index (χ4n) is 2.83. The van der Waals surface area contributed by atoms with Crippen LogP contribution in [-0.2, 0) is 9.84 Å². The summed E-state index contributed by atoms with van der Waals surface area (Å²) < 4.78 is 23.2. The van der Waals surface area contributed by atoms with Crippen molar-refractivity contribution in [2.75, 3.05) is 38.5 Å². The summed E-state index contributed by atoms with van der Waals surface area (Å²) in [7, 11) is -2.86. The summed E-state index contributed by atoms with van der Waals surface area (Å²) in [5.41, 5.74) is 0. The Hall–Kier alpha value is -0.170. The minimum atomic E-state index is -2.86. The zero-order chi connectivity index (χ0) is 13.0. The molecule has 2 rings (SSSR count). The van der Waals surface area contributed by atoms with Crippen molar-refractivity contribution in [2.45, 2.75) is 37.0 Å². The monoisotopic (exact) mass is 276 g/mol.